The van der Waals surface area contributed by atoms with Crippen LogP contribution in [0.15, 0.2) is 18.2 Å². The first kappa shape index (κ1) is 93.7. The third-order valence-electron chi connectivity index (χ3n) is 17.5. The van der Waals surface area contributed by atoms with Crippen molar-refractivity contribution in [2.75, 3.05) is 39.6 Å². The van der Waals surface area contributed by atoms with Gasteiger partial charge in [0.2, 0.25) is 0 Å². The van der Waals surface area contributed by atoms with E-state index in [1.807, 2.05) is 0 Å². The molecule has 1 rings (SSSR count). The van der Waals surface area contributed by atoms with Crippen molar-refractivity contribution in [1.82, 2.24) is 0 Å². The van der Waals surface area contributed by atoms with Crippen molar-refractivity contribution >= 4 is 48.3 Å². The van der Waals surface area contributed by atoms with E-state index in [1.54, 1.807) is 0 Å². The number of carbonyl (C=O) groups excluding carboxylic acids is 3. The summed E-state index contributed by atoms with van der Waals surface area (Å²) in [5.74, 6) is -1.89. The molecule has 1 aromatic carbocycles. The van der Waals surface area contributed by atoms with Crippen molar-refractivity contribution in [2.24, 2.45) is 0 Å². The monoisotopic (exact) mass is 1490 g/mol. The average molecular weight is 1500 g/mol. The zero-order valence-electron chi connectivity index (χ0n) is 59.4. The molecular weight excluding hydrogens is 1370 g/mol. The summed E-state index contributed by atoms with van der Waals surface area (Å²) in [6.07, 6.45) is 53.8. The molecule has 99 heavy (non-hydrogen) atoms. The average Bonchev–Trinajstić information content (AvgIpc) is 0.853. The Bertz CT molecular complexity index is 2250. The Morgan fingerprint density at radius 3 is 0.444 bits per heavy atom. The lowest BCUT2D eigenvalue weighted by molar-refractivity contribution is -0.0547. The van der Waals surface area contributed by atoms with Crippen LogP contribution in [0.1, 0.15) is 378 Å². The standard InChI is InChI=1S/C72H123F9O15S3/c73-70(74,75)97(85,86)94-58-52-46-40-34-28-22-16-10-4-1-7-13-19-25-31-37-43-49-55-91-67(82)64-61-65(68(83)92-56-50-44-38-32-26-20-14-8-2-5-11-17-23-29-35-41-47-53-59-95-98(87,88)71(76,77)78)63-66(62-64)69(84)93-57-51-45-39-33-27-21-15-9-3-6-12-18-24-30-36-42-48-54-60-96-99(89,90)72(79,80)81/h61-63H,1-60H2. The van der Waals surface area contributed by atoms with Gasteiger partial charge in [-0.2, -0.15) is 64.8 Å². The van der Waals surface area contributed by atoms with Crippen LogP contribution in [0.5, 0.6) is 0 Å². The quantitative estimate of drug-likeness (QED) is 0.0148. The van der Waals surface area contributed by atoms with Gasteiger partial charge in [-0.25, -0.2) is 14.4 Å². The lowest BCUT2D eigenvalue weighted by Gasteiger charge is -2.11. The van der Waals surface area contributed by atoms with Crippen LogP contribution in [-0.2, 0) is 57.1 Å². The zero-order chi connectivity index (χ0) is 73.3. The normalized spacial score (nSPS) is 12.6. The van der Waals surface area contributed by atoms with Gasteiger partial charge in [-0.05, 0) is 56.7 Å². The van der Waals surface area contributed by atoms with Gasteiger partial charge in [-0.3, -0.25) is 12.5 Å². The third-order valence-corrected chi connectivity index (χ3v) is 20.7. The van der Waals surface area contributed by atoms with E-state index < -0.39 is 84.6 Å². The van der Waals surface area contributed by atoms with Gasteiger partial charge in [0.25, 0.3) is 0 Å². The summed E-state index contributed by atoms with van der Waals surface area (Å²) in [6, 6.07) is 4.25. The van der Waals surface area contributed by atoms with Crippen LogP contribution in [0.4, 0.5) is 39.5 Å². The molecule has 0 bridgehead atoms. The van der Waals surface area contributed by atoms with Crippen LogP contribution in [0, 0.1) is 0 Å². The van der Waals surface area contributed by atoms with E-state index in [1.165, 1.54) is 134 Å². The van der Waals surface area contributed by atoms with Crippen LogP contribution < -0.4 is 0 Å². The summed E-state index contributed by atoms with van der Waals surface area (Å²) in [5.41, 5.74) is -15.9. The summed E-state index contributed by atoms with van der Waals surface area (Å²) in [7, 11) is -16.5. The SMILES string of the molecule is O=C(OCCCCCCCCCCCCCCCCCCCCOS(=O)(=O)C(F)(F)F)c1cc(C(=O)OCCCCCCCCCCCCCCCCCCCCOS(=O)(=O)C(F)(F)F)cc(C(=O)OCCCCCCCCCCCCCCCCCCCCOS(=O)(=O)C(F)(F)F)c1. The predicted molar refractivity (Wildman–Crippen MR) is 369 cm³/mol. The van der Waals surface area contributed by atoms with Crippen molar-refractivity contribution in [3.05, 3.63) is 34.9 Å². The van der Waals surface area contributed by atoms with Gasteiger partial charge < -0.3 is 14.2 Å². The molecule has 0 aliphatic carbocycles. The molecular formula is C72H123F9O15S3. The second-order valence-corrected chi connectivity index (χ2v) is 31.3. The second kappa shape index (κ2) is 58.1. The fraction of sp³-hybridized carbons (Fsp3) is 0.875. The highest BCUT2D eigenvalue weighted by atomic mass is 32.2. The van der Waals surface area contributed by atoms with E-state index in [0.717, 1.165) is 173 Å². The number of hydrogen-bond acceptors (Lipinski definition) is 15. The number of hydrogen-bond donors (Lipinski definition) is 0. The minimum Gasteiger partial charge on any atom is -0.462 e. The molecule has 0 atom stereocenters. The largest absolute Gasteiger partial charge is 0.523 e. The summed E-state index contributed by atoms with van der Waals surface area (Å²) >= 11 is 0. The molecule has 0 N–H and O–H groups in total. The Hall–Kier alpha value is -3.27. The first-order valence-corrected chi connectivity index (χ1v) is 42.0. The number of halogens is 9. The first-order valence-electron chi connectivity index (χ1n) is 37.8. The molecule has 0 aromatic heterocycles. The van der Waals surface area contributed by atoms with E-state index >= 15 is 0 Å². The van der Waals surface area contributed by atoms with Gasteiger partial charge >= 0.3 is 64.8 Å². The lowest BCUT2D eigenvalue weighted by Crippen LogP contribution is -2.25. The summed E-state index contributed by atoms with van der Waals surface area (Å²) < 4.78 is 205. The molecule has 0 amide bonds. The molecule has 0 saturated heterocycles. The fourth-order valence-electron chi connectivity index (χ4n) is 11.5. The fourth-order valence-corrected chi connectivity index (χ4v) is 12.9. The molecule has 0 heterocycles. The summed E-state index contributed by atoms with van der Waals surface area (Å²) in [5, 5.41) is 0. The first-order chi connectivity index (χ1) is 47.2. The van der Waals surface area contributed by atoms with Crippen LogP contribution in [-0.4, -0.2) is 99.3 Å². The highest BCUT2D eigenvalue weighted by Gasteiger charge is 2.48. The van der Waals surface area contributed by atoms with E-state index in [9.17, 15) is 79.2 Å². The number of alkyl halides is 9. The van der Waals surface area contributed by atoms with Gasteiger partial charge in [0.05, 0.1) is 56.3 Å². The smallest absolute Gasteiger partial charge is 0.462 e. The molecule has 0 aliphatic rings. The molecule has 15 nitrogen and oxygen atoms in total. The number of benzene rings is 1. The van der Waals surface area contributed by atoms with Crippen molar-refractivity contribution in [3.63, 3.8) is 0 Å². The van der Waals surface area contributed by atoms with Crippen molar-refractivity contribution in [3.8, 4) is 0 Å². The number of ether oxygens (including phenoxy) is 3. The Morgan fingerprint density at radius 1 is 0.212 bits per heavy atom. The van der Waals surface area contributed by atoms with Crippen LogP contribution in [0.25, 0.3) is 0 Å². The van der Waals surface area contributed by atoms with Crippen molar-refractivity contribution in [2.45, 2.75) is 363 Å². The molecule has 0 radical (unpaired) electrons. The zero-order valence-corrected chi connectivity index (χ0v) is 61.9. The van der Waals surface area contributed by atoms with Gasteiger partial charge in [0.15, 0.2) is 0 Å². The van der Waals surface area contributed by atoms with Crippen LogP contribution >= 0.6 is 0 Å². The molecule has 0 saturated carbocycles. The maximum absolute atomic E-state index is 13.4. The highest BCUT2D eigenvalue weighted by molar-refractivity contribution is 7.88. The third kappa shape index (κ3) is 51.5. The molecule has 0 unspecified atom stereocenters. The molecule has 27 heteroatoms. The number of esters is 3. The minimum absolute atomic E-state index is 0.0792. The molecule has 0 aliphatic heterocycles. The van der Waals surface area contributed by atoms with E-state index in [-0.39, 0.29) is 55.8 Å². The Morgan fingerprint density at radius 2 is 0.323 bits per heavy atom. The van der Waals surface area contributed by atoms with Gasteiger partial charge in [0, 0.05) is 0 Å². The molecule has 0 fully saturated rings. The predicted octanol–water partition coefficient (Wildman–Crippen LogP) is 22.8. The summed E-state index contributed by atoms with van der Waals surface area (Å²) in [6.45, 7) is -0.739. The van der Waals surface area contributed by atoms with E-state index in [4.69, 9.17) is 14.2 Å². The van der Waals surface area contributed by atoms with Crippen molar-refractivity contribution < 1.29 is 106 Å². The number of unbranched alkanes of at least 4 members (excludes halogenated alkanes) is 51. The van der Waals surface area contributed by atoms with Crippen LogP contribution in [0.2, 0.25) is 0 Å². The minimum atomic E-state index is -5.51. The molecule has 0 spiro atoms. The van der Waals surface area contributed by atoms with Gasteiger partial charge in [0.1, 0.15) is 0 Å². The Labute approximate surface area is 589 Å². The maximum atomic E-state index is 13.4. The highest BCUT2D eigenvalue weighted by Crippen LogP contribution is 2.28. The summed E-state index contributed by atoms with van der Waals surface area (Å²) in [4.78, 5) is 40.2. The topological polar surface area (TPSA) is 209 Å². The molecule has 582 valence electrons. The van der Waals surface area contributed by atoms with Gasteiger partial charge in [-0.15, -0.1) is 0 Å². The molecule has 1 aromatic rings. The van der Waals surface area contributed by atoms with Gasteiger partial charge in [-0.1, -0.05) is 308 Å². The Kier molecular flexibility index (Phi) is 55.0. The van der Waals surface area contributed by atoms with Crippen LogP contribution in [0.3, 0.4) is 0 Å². The van der Waals surface area contributed by atoms with E-state index in [2.05, 4.69) is 12.5 Å². The second-order valence-electron chi connectivity index (χ2n) is 26.5. The lowest BCUT2D eigenvalue weighted by atomic mass is 10.0. The van der Waals surface area contributed by atoms with Crippen molar-refractivity contribution in [1.29, 1.82) is 0 Å². The Balaban J connectivity index is 2.37. The maximum Gasteiger partial charge on any atom is 0.523 e. The van der Waals surface area contributed by atoms with E-state index in [0.29, 0.717) is 38.5 Å². The number of carbonyl (C=O) groups is 3. The number of rotatable bonds is 69.